The summed E-state index contributed by atoms with van der Waals surface area (Å²) in [5.74, 6) is -3.59. The minimum absolute atomic E-state index is 0.0733. The van der Waals surface area contributed by atoms with E-state index in [4.69, 9.17) is 10.5 Å². The number of alkyl halides is 2. The van der Waals surface area contributed by atoms with Crippen LogP contribution < -0.4 is 11.1 Å². The van der Waals surface area contributed by atoms with Gasteiger partial charge in [0.2, 0.25) is 11.8 Å². The molecular formula is C12H20F2N2O2. The maximum absolute atomic E-state index is 13.0. The first-order valence-corrected chi connectivity index (χ1v) is 6.48. The molecule has 0 aromatic heterocycles. The molecule has 0 radical (unpaired) electrons. The van der Waals surface area contributed by atoms with Crippen molar-refractivity contribution in [3.8, 4) is 0 Å². The van der Waals surface area contributed by atoms with Crippen LogP contribution in [0.1, 0.15) is 32.6 Å². The molecule has 0 bridgehead atoms. The lowest BCUT2D eigenvalue weighted by Crippen LogP contribution is -2.65. The second-order valence-electron chi connectivity index (χ2n) is 5.22. The van der Waals surface area contributed by atoms with Crippen LogP contribution in [0.15, 0.2) is 0 Å². The first-order valence-electron chi connectivity index (χ1n) is 6.48. The van der Waals surface area contributed by atoms with Crippen LogP contribution in [0.4, 0.5) is 8.78 Å². The summed E-state index contributed by atoms with van der Waals surface area (Å²) in [4.78, 5) is 11.9. The molecule has 0 aliphatic heterocycles. The zero-order valence-electron chi connectivity index (χ0n) is 10.5. The Kier molecular flexibility index (Phi) is 3.87. The standard InChI is InChI=1S/C12H20F2N2O2/c1-2-18-9-5-8(15)10(9)16-11(17)7-3-4-12(13,14)6-7/h7-10H,2-6,15H2,1H3,(H,16,17). The quantitative estimate of drug-likeness (QED) is 0.795. The molecule has 0 aromatic rings. The molecule has 2 rings (SSSR count). The van der Waals surface area contributed by atoms with Crippen LogP contribution in [0.25, 0.3) is 0 Å². The van der Waals surface area contributed by atoms with Crippen LogP contribution in [0.5, 0.6) is 0 Å². The fraction of sp³-hybridized carbons (Fsp3) is 0.917. The summed E-state index contributed by atoms with van der Waals surface area (Å²) in [5.41, 5.74) is 5.80. The van der Waals surface area contributed by atoms with E-state index in [1.165, 1.54) is 0 Å². The fourth-order valence-electron chi connectivity index (χ4n) is 2.68. The molecule has 2 fully saturated rings. The van der Waals surface area contributed by atoms with Crippen LogP contribution in [-0.4, -0.2) is 36.6 Å². The molecule has 1 amide bonds. The third-order valence-corrected chi connectivity index (χ3v) is 3.83. The van der Waals surface area contributed by atoms with Crippen LogP contribution >= 0.6 is 0 Å². The molecule has 104 valence electrons. The summed E-state index contributed by atoms with van der Waals surface area (Å²) in [6.07, 6.45) is 0.340. The van der Waals surface area contributed by atoms with E-state index in [-0.39, 0.29) is 43.4 Å². The molecule has 0 aromatic carbocycles. The van der Waals surface area contributed by atoms with Crippen LogP contribution in [0.3, 0.4) is 0 Å². The first-order chi connectivity index (χ1) is 8.43. The van der Waals surface area contributed by atoms with Crippen molar-refractivity contribution in [1.29, 1.82) is 0 Å². The van der Waals surface area contributed by atoms with Gasteiger partial charge in [0.05, 0.1) is 12.1 Å². The molecule has 2 saturated carbocycles. The SMILES string of the molecule is CCOC1CC(N)C1NC(=O)C1CCC(F)(F)C1. The van der Waals surface area contributed by atoms with Crippen LogP contribution in [0, 0.1) is 5.92 Å². The second kappa shape index (κ2) is 5.09. The Morgan fingerprint density at radius 2 is 2.28 bits per heavy atom. The highest BCUT2D eigenvalue weighted by atomic mass is 19.3. The molecule has 0 heterocycles. The Balaban J connectivity index is 1.84. The van der Waals surface area contributed by atoms with Gasteiger partial charge in [0.25, 0.3) is 0 Å². The van der Waals surface area contributed by atoms with Gasteiger partial charge >= 0.3 is 0 Å². The third-order valence-electron chi connectivity index (χ3n) is 3.83. The Bertz CT molecular complexity index is 323. The van der Waals surface area contributed by atoms with Gasteiger partial charge in [0.15, 0.2) is 0 Å². The third kappa shape index (κ3) is 2.80. The van der Waals surface area contributed by atoms with E-state index in [1.807, 2.05) is 6.92 Å². The maximum Gasteiger partial charge on any atom is 0.248 e. The largest absolute Gasteiger partial charge is 0.376 e. The average Bonchev–Trinajstić information content (AvgIpc) is 2.66. The highest BCUT2D eigenvalue weighted by Crippen LogP contribution is 2.39. The number of nitrogens with two attached hydrogens (primary N) is 1. The molecular weight excluding hydrogens is 242 g/mol. The van der Waals surface area contributed by atoms with Gasteiger partial charge in [-0.1, -0.05) is 0 Å². The van der Waals surface area contributed by atoms with Crippen molar-refractivity contribution in [2.24, 2.45) is 11.7 Å². The molecule has 4 unspecified atom stereocenters. The number of nitrogens with one attached hydrogen (secondary N) is 1. The lowest BCUT2D eigenvalue weighted by Gasteiger charge is -2.42. The highest BCUT2D eigenvalue weighted by molar-refractivity contribution is 5.79. The molecule has 2 aliphatic rings. The van der Waals surface area contributed by atoms with Crippen molar-refractivity contribution in [1.82, 2.24) is 5.32 Å². The summed E-state index contributed by atoms with van der Waals surface area (Å²) in [6.45, 7) is 2.44. The molecule has 2 aliphatic carbocycles. The molecule has 0 spiro atoms. The maximum atomic E-state index is 13.0. The van der Waals surface area contributed by atoms with Crippen molar-refractivity contribution >= 4 is 5.91 Å². The van der Waals surface area contributed by atoms with E-state index >= 15 is 0 Å². The summed E-state index contributed by atoms with van der Waals surface area (Å²) in [7, 11) is 0. The monoisotopic (exact) mass is 262 g/mol. The smallest absolute Gasteiger partial charge is 0.248 e. The van der Waals surface area contributed by atoms with Crippen LogP contribution in [0.2, 0.25) is 0 Å². The zero-order chi connectivity index (χ0) is 13.3. The van der Waals surface area contributed by atoms with E-state index in [0.29, 0.717) is 13.0 Å². The van der Waals surface area contributed by atoms with E-state index < -0.39 is 11.8 Å². The summed E-state index contributed by atoms with van der Waals surface area (Å²) in [5, 5.41) is 2.76. The lowest BCUT2D eigenvalue weighted by atomic mass is 9.83. The Labute approximate surface area is 105 Å². The highest BCUT2D eigenvalue weighted by Gasteiger charge is 2.45. The van der Waals surface area contributed by atoms with Gasteiger partial charge in [0.1, 0.15) is 0 Å². The van der Waals surface area contributed by atoms with E-state index in [2.05, 4.69) is 5.32 Å². The molecule has 6 heteroatoms. The second-order valence-corrected chi connectivity index (χ2v) is 5.22. The average molecular weight is 262 g/mol. The lowest BCUT2D eigenvalue weighted by molar-refractivity contribution is -0.130. The number of ether oxygens (including phenoxy) is 1. The van der Waals surface area contributed by atoms with Crippen molar-refractivity contribution in [3.63, 3.8) is 0 Å². The first kappa shape index (κ1) is 13.7. The van der Waals surface area contributed by atoms with E-state index in [9.17, 15) is 13.6 Å². The number of halogens is 2. The number of carbonyl (C=O) groups excluding carboxylic acids is 1. The predicted molar refractivity (Wildman–Crippen MR) is 62.2 cm³/mol. The van der Waals surface area contributed by atoms with E-state index in [0.717, 1.165) is 0 Å². The molecule has 0 saturated heterocycles. The van der Waals surface area contributed by atoms with Gasteiger partial charge in [-0.05, 0) is 19.8 Å². The van der Waals surface area contributed by atoms with Crippen molar-refractivity contribution < 1.29 is 18.3 Å². The zero-order valence-corrected chi connectivity index (χ0v) is 10.5. The normalized spacial score (nSPS) is 38.2. The van der Waals surface area contributed by atoms with Gasteiger partial charge in [-0.15, -0.1) is 0 Å². The Hall–Kier alpha value is -0.750. The summed E-state index contributed by atoms with van der Waals surface area (Å²) >= 11 is 0. The molecule has 3 N–H and O–H groups in total. The number of hydrogen-bond acceptors (Lipinski definition) is 3. The Morgan fingerprint density at radius 3 is 2.78 bits per heavy atom. The topological polar surface area (TPSA) is 64.3 Å². The Morgan fingerprint density at radius 1 is 1.56 bits per heavy atom. The van der Waals surface area contributed by atoms with Gasteiger partial charge in [-0.3, -0.25) is 4.79 Å². The number of rotatable bonds is 4. The molecule has 18 heavy (non-hydrogen) atoms. The molecule has 4 nitrogen and oxygen atoms in total. The van der Waals surface area contributed by atoms with Gasteiger partial charge in [-0.2, -0.15) is 0 Å². The summed E-state index contributed by atoms with van der Waals surface area (Å²) < 4.78 is 31.5. The van der Waals surface area contributed by atoms with Gasteiger partial charge in [0, 0.05) is 31.4 Å². The number of hydrogen-bond donors (Lipinski definition) is 2. The van der Waals surface area contributed by atoms with E-state index in [1.54, 1.807) is 0 Å². The van der Waals surface area contributed by atoms with Crippen molar-refractivity contribution in [2.75, 3.05) is 6.61 Å². The minimum Gasteiger partial charge on any atom is -0.376 e. The number of amides is 1. The van der Waals surface area contributed by atoms with Crippen molar-refractivity contribution in [3.05, 3.63) is 0 Å². The fourth-order valence-corrected chi connectivity index (χ4v) is 2.68. The van der Waals surface area contributed by atoms with Gasteiger partial charge in [-0.25, -0.2) is 8.78 Å². The predicted octanol–water partition coefficient (Wildman–Crippen LogP) is 1.04. The van der Waals surface area contributed by atoms with Crippen molar-refractivity contribution in [2.45, 2.75) is 56.7 Å². The molecule has 4 atom stereocenters. The van der Waals surface area contributed by atoms with Gasteiger partial charge < -0.3 is 15.8 Å². The van der Waals surface area contributed by atoms with Crippen LogP contribution in [-0.2, 0) is 9.53 Å². The minimum atomic E-state index is -2.69. The number of carbonyl (C=O) groups is 1. The summed E-state index contributed by atoms with van der Waals surface area (Å²) in [6, 6.07) is -0.362.